The summed E-state index contributed by atoms with van der Waals surface area (Å²) in [6.45, 7) is 0.893. The predicted molar refractivity (Wildman–Crippen MR) is 68.3 cm³/mol. The third-order valence-electron chi connectivity index (χ3n) is 3.01. The number of hydrogen-bond donors (Lipinski definition) is 2. The quantitative estimate of drug-likeness (QED) is 0.818. The van der Waals surface area contributed by atoms with Gasteiger partial charge in [-0.05, 0) is 19.4 Å². The number of aryl methyl sites for hydroxylation is 1. The van der Waals surface area contributed by atoms with Crippen molar-refractivity contribution in [2.45, 2.75) is 23.8 Å². The van der Waals surface area contributed by atoms with Crippen LogP contribution in [0.2, 0.25) is 0 Å². The lowest BCUT2D eigenvalue weighted by Crippen LogP contribution is -2.13. The Morgan fingerprint density at radius 1 is 1.50 bits per heavy atom. The molecule has 0 spiro atoms. The molecular formula is C10H14N6O3S. The number of aromatic nitrogens is 4. The average molecular weight is 298 g/mol. The van der Waals surface area contributed by atoms with E-state index in [1.165, 1.54) is 17.1 Å². The lowest BCUT2D eigenvalue weighted by Gasteiger charge is -2.03. The lowest BCUT2D eigenvalue weighted by atomic mass is 10.2. The summed E-state index contributed by atoms with van der Waals surface area (Å²) in [7, 11) is -2.12. The van der Waals surface area contributed by atoms with Crippen molar-refractivity contribution in [2.24, 2.45) is 7.05 Å². The molecular weight excluding hydrogens is 284 g/mol. The van der Waals surface area contributed by atoms with Gasteiger partial charge in [-0.2, -0.15) is 5.10 Å². The Morgan fingerprint density at radius 3 is 3.00 bits per heavy atom. The van der Waals surface area contributed by atoms with Gasteiger partial charge in [-0.3, -0.25) is 4.68 Å². The van der Waals surface area contributed by atoms with Crippen LogP contribution in [0.1, 0.15) is 24.8 Å². The van der Waals surface area contributed by atoms with Crippen LogP contribution in [0, 0.1) is 0 Å². The maximum atomic E-state index is 12.0. The highest BCUT2D eigenvalue weighted by Crippen LogP contribution is 2.23. The molecule has 10 heteroatoms. The second-order valence-corrected chi connectivity index (χ2v) is 6.23. The topological polar surface area (TPSA) is 115 Å². The first-order chi connectivity index (χ1) is 9.54. The van der Waals surface area contributed by atoms with Crippen LogP contribution < -0.4 is 10.0 Å². The minimum atomic E-state index is -3.75. The number of nitrogens with one attached hydrogen (secondary N) is 2. The fourth-order valence-corrected chi connectivity index (χ4v) is 2.93. The van der Waals surface area contributed by atoms with Crippen LogP contribution in [0.15, 0.2) is 21.7 Å². The molecule has 3 rings (SSSR count). The van der Waals surface area contributed by atoms with Crippen molar-refractivity contribution in [1.82, 2.24) is 25.3 Å². The van der Waals surface area contributed by atoms with Gasteiger partial charge in [-0.25, -0.2) is 13.1 Å². The molecule has 1 saturated heterocycles. The van der Waals surface area contributed by atoms with E-state index in [-0.39, 0.29) is 17.0 Å². The smallest absolute Gasteiger partial charge is 0.329 e. The third-order valence-corrected chi connectivity index (χ3v) is 4.29. The van der Waals surface area contributed by atoms with Crippen molar-refractivity contribution in [3.63, 3.8) is 0 Å². The fraction of sp³-hybridized carbons (Fsp3) is 0.500. The summed E-state index contributed by atoms with van der Waals surface area (Å²) in [6.07, 6.45) is 4.57. The summed E-state index contributed by atoms with van der Waals surface area (Å²) in [5.41, 5.74) is 0. The molecule has 0 amide bonds. The second-order valence-electron chi connectivity index (χ2n) is 4.55. The van der Waals surface area contributed by atoms with E-state index in [1.54, 1.807) is 7.05 Å². The van der Waals surface area contributed by atoms with Crippen LogP contribution in [0.5, 0.6) is 0 Å². The van der Waals surface area contributed by atoms with E-state index in [9.17, 15) is 8.42 Å². The van der Waals surface area contributed by atoms with Gasteiger partial charge in [0.1, 0.15) is 4.90 Å². The van der Waals surface area contributed by atoms with E-state index in [0.29, 0.717) is 5.89 Å². The van der Waals surface area contributed by atoms with Crippen molar-refractivity contribution < 1.29 is 12.8 Å². The Hall–Kier alpha value is -1.94. The van der Waals surface area contributed by atoms with Gasteiger partial charge in [-0.1, -0.05) is 5.10 Å². The Bertz CT molecular complexity index is 700. The molecule has 108 valence electrons. The molecule has 1 atom stereocenters. The zero-order valence-electron chi connectivity index (χ0n) is 10.8. The molecule has 1 aliphatic rings. The molecule has 0 saturated carbocycles. The first kappa shape index (κ1) is 13.1. The predicted octanol–water partition coefficient (Wildman–Crippen LogP) is 0.0284. The van der Waals surface area contributed by atoms with Gasteiger partial charge in [0.25, 0.3) is 10.0 Å². The molecule has 0 bridgehead atoms. The molecule has 1 fully saturated rings. The number of hydrogen-bond acceptors (Lipinski definition) is 7. The zero-order chi connectivity index (χ0) is 14.2. The Morgan fingerprint density at radius 2 is 2.35 bits per heavy atom. The van der Waals surface area contributed by atoms with E-state index in [0.717, 1.165) is 19.4 Å². The van der Waals surface area contributed by atoms with Crippen LogP contribution in [0.25, 0.3) is 0 Å². The highest BCUT2D eigenvalue weighted by molar-refractivity contribution is 7.92. The van der Waals surface area contributed by atoms with Crippen molar-refractivity contribution >= 4 is 16.0 Å². The van der Waals surface area contributed by atoms with Crippen molar-refractivity contribution in [2.75, 3.05) is 11.3 Å². The highest BCUT2D eigenvalue weighted by Gasteiger charge is 2.24. The van der Waals surface area contributed by atoms with E-state index < -0.39 is 10.0 Å². The maximum absolute atomic E-state index is 12.0. The summed E-state index contributed by atoms with van der Waals surface area (Å²) in [4.78, 5) is 0.0405. The molecule has 2 aromatic heterocycles. The second kappa shape index (κ2) is 4.87. The monoisotopic (exact) mass is 298 g/mol. The minimum Gasteiger partial charge on any atom is -0.406 e. The summed E-state index contributed by atoms with van der Waals surface area (Å²) in [5, 5.41) is 14.6. The van der Waals surface area contributed by atoms with Crippen LogP contribution in [-0.2, 0) is 17.1 Å². The molecule has 1 aliphatic heterocycles. The van der Waals surface area contributed by atoms with Gasteiger partial charge in [-0.15, -0.1) is 5.10 Å². The van der Waals surface area contributed by atoms with Gasteiger partial charge in [0, 0.05) is 13.2 Å². The SMILES string of the molecule is Cn1cc(S(=O)(=O)Nc2nnc(C3CCCN3)o2)cn1. The molecule has 9 nitrogen and oxygen atoms in total. The number of nitrogens with zero attached hydrogens (tertiary/aromatic N) is 4. The third kappa shape index (κ3) is 2.51. The van der Waals surface area contributed by atoms with Crippen LogP contribution in [0.4, 0.5) is 6.01 Å². The highest BCUT2D eigenvalue weighted by atomic mass is 32.2. The summed E-state index contributed by atoms with van der Waals surface area (Å²) in [6, 6.07) is -0.142. The number of sulfonamides is 1. The number of anilines is 1. The van der Waals surface area contributed by atoms with E-state index in [4.69, 9.17) is 4.42 Å². The van der Waals surface area contributed by atoms with E-state index in [1.807, 2.05) is 0 Å². The molecule has 0 radical (unpaired) electrons. The van der Waals surface area contributed by atoms with Gasteiger partial charge >= 0.3 is 6.01 Å². The molecule has 1 unspecified atom stereocenters. The van der Waals surface area contributed by atoms with Gasteiger partial charge in [0.05, 0.1) is 12.2 Å². The van der Waals surface area contributed by atoms with Crippen molar-refractivity contribution in [3.05, 3.63) is 18.3 Å². The zero-order valence-corrected chi connectivity index (χ0v) is 11.6. The number of rotatable bonds is 4. The molecule has 0 aromatic carbocycles. The maximum Gasteiger partial charge on any atom is 0.329 e. The van der Waals surface area contributed by atoms with Crippen molar-refractivity contribution in [1.29, 1.82) is 0 Å². The molecule has 3 heterocycles. The normalized spacial score (nSPS) is 19.4. The van der Waals surface area contributed by atoms with E-state index >= 15 is 0 Å². The summed E-state index contributed by atoms with van der Waals surface area (Å²) >= 11 is 0. The molecule has 20 heavy (non-hydrogen) atoms. The standard InChI is InChI=1S/C10H14N6O3S/c1-16-6-7(5-12-16)20(17,18)15-10-14-13-9(19-10)8-3-2-4-11-8/h5-6,8,11H,2-4H2,1H3,(H,14,15). The van der Waals surface area contributed by atoms with Crippen molar-refractivity contribution in [3.8, 4) is 0 Å². The van der Waals surface area contributed by atoms with Crippen LogP contribution >= 0.6 is 0 Å². The van der Waals surface area contributed by atoms with Crippen LogP contribution in [0.3, 0.4) is 0 Å². The first-order valence-electron chi connectivity index (χ1n) is 6.13. The van der Waals surface area contributed by atoms with Gasteiger partial charge in [0.15, 0.2) is 0 Å². The van der Waals surface area contributed by atoms with Gasteiger partial charge in [0.2, 0.25) is 5.89 Å². The molecule has 0 aliphatic carbocycles. The lowest BCUT2D eigenvalue weighted by molar-refractivity contribution is 0.439. The Balaban J connectivity index is 1.77. The first-order valence-corrected chi connectivity index (χ1v) is 7.61. The molecule has 2 N–H and O–H groups in total. The Labute approximate surface area is 115 Å². The van der Waals surface area contributed by atoms with E-state index in [2.05, 4.69) is 25.3 Å². The molecule has 2 aromatic rings. The van der Waals surface area contributed by atoms with Gasteiger partial charge < -0.3 is 9.73 Å². The minimum absolute atomic E-state index is 0.000791. The average Bonchev–Trinajstić information content (AvgIpc) is 3.06. The summed E-state index contributed by atoms with van der Waals surface area (Å²) in [5.74, 6) is 0.395. The summed E-state index contributed by atoms with van der Waals surface area (Å²) < 4.78 is 33.0. The Kier molecular flexibility index (Phi) is 3.18. The van der Waals surface area contributed by atoms with Crippen LogP contribution in [-0.4, -0.2) is 34.9 Å². The fourth-order valence-electron chi connectivity index (χ4n) is 2.02. The largest absolute Gasteiger partial charge is 0.406 e.